The van der Waals surface area contributed by atoms with Gasteiger partial charge in [-0.2, -0.15) is 0 Å². The SMILES string of the molecule is CCc1cc(C#CC2=CCCCC2)c(O)c2c1C[C@H]1C[C@H]3CC(O)=C(C(N)=O)C(=O)[C@@]3(O)C(O)=C1C2=O. The molecule has 4 aliphatic rings. The first-order valence-corrected chi connectivity index (χ1v) is 12.7. The summed E-state index contributed by atoms with van der Waals surface area (Å²) in [5.74, 6) is -0.187. The van der Waals surface area contributed by atoms with Crippen molar-refractivity contribution in [2.45, 2.75) is 63.9 Å². The highest BCUT2D eigenvalue weighted by Crippen LogP contribution is 2.52. The van der Waals surface area contributed by atoms with Crippen LogP contribution in [-0.2, 0) is 22.4 Å². The van der Waals surface area contributed by atoms with E-state index in [2.05, 4.69) is 17.9 Å². The van der Waals surface area contributed by atoms with Gasteiger partial charge in [0, 0.05) is 17.9 Å². The van der Waals surface area contributed by atoms with Gasteiger partial charge in [0.2, 0.25) is 5.78 Å². The smallest absolute Gasteiger partial charge is 0.255 e. The Morgan fingerprint density at radius 3 is 2.57 bits per heavy atom. The molecule has 0 aliphatic heterocycles. The summed E-state index contributed by atoms with van der Waals surface area (Å²) >= 11 is 0. The quantitative estimate of drug-likeness (QED) is 0.306. The van der Waals surface area contributed by atoms with Gasteiger partial charge in [0.15, 0.2) is 11.4 Å². The Bertz CT molecular complexity index is 1420. The Kier molecular flexibility index (Phi) is 5.99. The van der Waals surface area contributed by atoms with E-state index in [4.69, 9.17) is 5.73 Å². The van der Waals surface area contributed by atoms with E-state index in [0.717, 1.165) is 36.8 Å². The summed E-state index contributed by atoms with van der Waals surface area (Å²) in [6.07, 6.45) is 6.83. The Balaban J connectivity index is 1.64. The lowest BCUT2D eigenvalue weighted by molar-refractivity contribution is -0.144. The molecule has 0 fully saturated rings. The van der Waals surface area contributed by atoms with Gasteiger partial charge >= 0.3 is 0 Å². The van der Waals surface area contributed by atoms with Crippen LogP contribution in [0.2, 0.25) is 0 Å². The van der Waals surface area contributed by atoms with Crippen LogP contribution >= 0.6 is 0 Å². The molecule has 8 heteroatoms. The van der Waals surface area contributed by atoms with Crippen LogP contribution in [0.3, 0.4) is 0 Å². The van der Waals surface area contributed by atoms with Crippen LogP contribution in [0, 0.1) is 23.7 Å². The van der Waals surface area contributed by atoms with Crippen molar-refractivity contribution in [2.75, 3.05) is 0 Å². The maximum absolute atomic E-state index is 13.8. The van der Waals surface area contributed by atoms with E-state index in [0.29, 0.717) is 24.0 Å². The third-order valence-electron chi connectivity index (χ3n) is 8.18. The molecule has 6 N–H and O–H groups in total. The van der Waals surface area contributed by atoms with Gasteiger partial charge in [0.25, 0.3) is 5.91 Å². The molecule has 0 heterocycles. The number of primary amides is 1. The normalized spacial score (nSPS) is 27.0. The number of hydrogen-bond donors (Lipinski definition) is 5. The van der Waals surface area contributed by atoms with Crippen LogP contribution in [0.25, 0.3) is 0 Å². The number of benzene rings is 1. The maximum Gasteiger partial charge on any atom is 0.255 e. The van der Waals surface area contributed by atoms with Gasteiger partial charge in [-0.05, 0) is 73.6 Å². The fourth-order valence-corrected chi connectivity index (χ4v) is 6.27. The predicted molar refractivity (Wildman–Crippen MR) is 134 cm³/mol. The fraction of sp³-hybridized carbons (Fsp3) is 0.414. The van der Waals surface area contributed by atoms with Crippen molar-refractivity contribution < 1.29 is 34.8 Å². The number of fused-ring (bicyclic) bond motifs is 3. The molecule has 37 heavy (non-hydrogen) atoms. The Hall–Kier alpha value is -3.83. The minimum absolute atomic E-state index is 0.0119. The first-order valence-electron chi connectivity index (χ1n) is 12.7. The molecule has 1 amide bonds. The van der Waals surface area contributed by atoms with Crippen molar-refractivity contribution in [3.8, 4) is 17.6 Å². The van der Waals surface area contributed by atoms with Crippen molar-refractivity contribution in [2.24, 2.45) is 17.6 Å². The monoisotopic (exact) mass is 503 g/mol. The largest absolute Gasteiger partial charge is 0.511 e. The van der Waals surface area contributed by atoms with Crippen LogP contribution in [0.15, 0.2) is 40.4 Å². The van der Waals surface area contributed by atoms with Crippen LogP contribution < -0.4 is 5.73 Å². The van der Waals surface area contributed by atoms with Gasteiger partial charge in [-0.15, -0.1) is 0 Å². The zero-order valence-corrected chi connectivity index (χ0v) is 20.6. The lowest BCUT2D eigenvalue weighted by atomic mass is 9.60. The molecule has 0 saturated carbocycles. The molecule has 0 unspecified atom stereocenters. The van der Waals surface area contributed by atoms with Crippen LogP contribution in [-0.4, -0.2) is 43.5 Å². The molecule has 8 nitrogen and oxygen atoms in total. The summed E-state index contributed by atoms with van der Waals surface area (Å²) in [6, 6.07) is 1.80. The molecule has 3 atom stereocenters. The topological polar surface area (TPSA) is 158 Å². The van der Waals surface area contributed by atoms with Crippen molar-refractivity contribution in [3.05, 3.63) is 62.6 Å². The molecule has 192 valence electrons. The second-order valence-corrected chi connectivity index (χ2v) is 10.3. The number of phenolic OH excluding ortho intramolecular Hbond substituents is 1. The average Bonchev–Trinajstić information content (AvgIpc) is 2.86. The van der Waals surface area contributed by atoms with Crippen molar-refractivity contribution >= 4 is 17.5 Å². The summed E-state index contributed by atoms with van der Waals surface area (Å²) in [7, 11) is 0. The summed E-state index contributed by atoms with van der Waals surface area (Å²) < 4.78 is 0. The number of allylic oxidation sites excluding steroid dienone is 4. The van der Waals surface area contributed by atoms with Crippen molar-refractivity contribution in [3.63, 3.8) is 0 Å². The molecule has 0 saturated heterocycles. The molecular weight excluding hydrogens is 474 g/mol. The van der Waals surface area contributed by atoms with Gasteiger partial charge in [0.1, 0.15) is 22.8 Å². The maximum atomic E-state index is 13.8. The average molecular weight is 504 g/mol. The number of carbonyl (C=O) groups is 3. The van der Waals surface area contributed by atoms with Crippen molar-refractivity contribution in [1.29, 1.82) is 0 Å². The van der Waals surface area contributed by atoms with Gasteiger partial charge in [-0.25, -0.2) is 0 Å². The third kappa shape index (κ3) is 3.68. The van der Waals surface area contributed by atoms with E-state index in [9.17, 15) is 34.8 Å². The molecule has 0 bridgehead atoms. The minimum Gasteiger partial charge on any atom is -0.511 e. The van der Waals surface area contributed by atoms with Gasteiger partial charge in [-0.1, -0.05) is 24.8 Å². The first kappa shape index (κ1) is 24.8. The number of aliphatic hydroxyl groups excluding tert-OH is 2. The first-order chi connectivity index (χ1) is 17.6. The highest BCUT2D eigenvalue weighted by molar-refractivity contribution is 6.24. The van der Waals surface area contributed by atoms with E-state index in [1.165, 1.54) is 0 Å². The van der Waals surface area contributed by atoms with Crippen LogP contribution in [0.1, 0.15) is 72.5 Å². The van der Waals surface area contributed by atoms with E-state index in [1.54, 1.807) is 6.07 Å². The number of rotatable bonds is 2. The number of carbonyl (C=O) groups excluding carboxylic acids is 3. The fourth-order valence-electron chi connectivity index (χ4n) is 6.27. The Morgan fingerprint density at radius 1 is 1.16 bits per heavy atom. The highest BCUT2D eigenvalue weighted by Gasteiger charge is 2.59. The second kappa shape index (κ2) is 8.93. The van der Waals surface area contributed by atoms with Crippen LogP contribution in [0.5, 0.6) is 5.75 Å². The molecule has 0 aromatic heterocycles. The van der Waals surface area contributed by atoms with E-state index >= 15 is 0 Å². The zero-order valence-electron chi connectivity index (χ0n) is 20.6. The second-order valence-electron chi connectivity index (χ2n) is 10.3. The molecule has 0 spiro atoms. The van der Waals surface area contributed by atoms with E-state index in [1.807, 2.05) is 6.92 Å². The van der Waals surface area contributed by atoms with Crippen molar-refractivity contribution in [1.82, 2.24) is 0 Å². The lowest BCUT2D eigenvalue weighted by Crippen LogP contribution is -2.57. The molecule has 1 aromatic carbocycles. The molecule has 1 aromatic rings. The third-order valence-corrected chi connectivity index (χ3v) is 8.18. The number of ketones is 2. The molecule has 5 rings (SSSR count). The number of amides is 1. The summed E-state index contributed by atoms with van der Waals surface area (Å²) in [4.78, 5) is 38.7. The Morgan fingerprint density at radius 2 is 1.92 bits per heavy atom. The number of aliphatic hydroxyl groups is 3. The number of nitrogens with two attached hydrogens (primary N) is 1. The molecule has 4 aliphatic carbocycles. The highest BCUT2D eigenvalue weighted by atomic mass is 16.3. The number of Topliss-reactive ketones (excluding diaryl/α,β-unsaturated/α-hetero) is 2. The van der Waals surface area contributed by atoms with Crippen LogP contribution in [0.4, 0.5) is 0 Å². The summed E-state index contributed by atoms with van der Waals surface area (Å²) in [5.41, 5.74) is 4.54. The number of hydrogen-bond acceptors (Lipinski definition) is 7. The zero-order chi connectivity index (χ0) is 26.6. The van der Waals surface area contributed by atoms with E-state index in [-0.39, 0.29) is 29.7 Å². The number of aromatic hydroxyl groups is 1. The summed E-state index contributed by atoms with van der Waals surface area (Å²) in [6.45, 7) is 1.94. The van der Waals surface area contributed by atoms with E-state index < -0.39 is 52.0 Å². The predicted octanol–water partition coefficient (Wildman–Crippen LogP) is 2.99. The Labute approximate surface area is 214 Å². The molecular formula is C29H29NO7. The lowest BCUT2D eigenvalue weighted by Gasteiger charge is -2.45. The number of phenols is 1. The summed E-state index contributed by atoms with van der Waals surface area (Å²) in [5, 5.41) is 44.0. The van der Waals surface area contributed by atoms with Gasteiger partial charge < -0.3 is 26.2 Å². The minimum atomic E-state index is -2.57. The number of aryl methyl sites for hydroxylation is 1. The standard InChI is InChI=1S/C29H29NO7/c1-2-15-10-16(9-8-14-6-4-3-5-7-14)24(32)22-19(15)12-17-11-18-13-20(31)23(28(30)36)27(35)29(18,37)26(34)21(17)25(22)33/h6,10,17-18,31-32,34,37H,2-5,7,11-13H2,1H3,(H2,30,36)/t17-,18+,29+/m1/s1. The molecule has 0 radical (unpaired) electrons. The van der Waals surface area contributed by atoms with Gasteiger partial charge in [-0.3, -0.25) is 14.4 Å². The van der Waals surface area contributed by atoms with Gasteiger partial charge in [0.05, 0.1) is 11.1 Å².